The van der Waals surface area contributed by atoms with Gasteiger partial charge in [0.2, 0.25) is 0 Å². The number of hydrogen-bond acceptors (Lipinski definition) is 5. The average molecular weight is 440 g/mol. The Kier molecular flexibility index (Phi) is 5.97. The predicted molar refractivity (Wildman–Crippen MR) is 120 cm³/mol. The van der Waals surface area contributed by atoms with Gasteiger partial charge in [-0.05, 0) is 58.9 Å². The van der Waals surface area contributed by atoms with Crippen molar-refractivity contribution in [3.63, 3.8) is 0 Å². The highest BCUT2D eigenvalue weighted by molar-refractivity contribution is 8.18. The molecule has 1 fully saturated rings. The molecule has 0 N–H and O–H groups in total. The molecule has 0 bridgehead atoms. The van der Waals surface area contributed by atoms with Crippen LogP contribution in [0.15, 0.2) is 65.6 Å². The van der Waals surface area contributed by atoms with Crippen LogP contribution in [-0.2, 0) is 4.79 Å². The van der Waals surface area contributed by atoms with E-state index in [4.69, 9.17) is 21.1 Å². The lowest BCUT2D eigenvalue weighted by atomic mass is 10.0. The van der Waals surface area contributed by atoms with Gasteiger partial charge in [0.1, 0.15) is 18.1 Å². The monoisotopic (exact) mass is 439 g/mol. The van der Waals surface area contributed by atoms with Crippen LogP contribution in [0.2, 0.25) is 5.02 Å². The number of imide groups is 1. The molecule has 1 aliphatic rings. The number of rotatable bonds is 6. The van der Waals surface area contributed by atoms with Crippen molar-refractivity contribution in [2.75, 3.05) is 20.3 Å². The number of ether oxygens (including phenoxy) is 2. The van der Waals surface area contributed by atoms with Gasteiger partial charge in [0.25, 0.3) is 11.1 Å². The molecule has 0 saturated carbocycles. The van der Waals surface area contributed by atoms with Crippen LogP contribution in [0.4, 0.5) is 4.79 Å². The van der Waals surface area contributed by atoms with Crippen LogP contribution in [0.1, 0.15) is 5.56 Å². The summed E-state index contributed by atoms with van der Waals surface area (Å²) in [4.78, 5) is 26.8. The zero-order valence-corrected chi connectivity index (χ0v) is 17.7. The summed E-state index contributed by atoms with van der Waals surface area (Å²) in [5.74, 6) is 0.939. The maximum atomic E-state index is 12.8. The number of thioether (sulfide) groups is 1. The molecule has 30 heavy (non-hydrogen) atoms. The van der Waals surface area contributed by atoms with Crippen LogP contribution in [0.5, 0.6) is 11.5 Å². The molecule has 5 nitrogen and oxygen atoms in total. The summed E-state index contributed by atoms with van der Waals surface area (Å²) >= 11 is 6.78. The van der Waals surface area contributed by atoms with Crippen molar-refractivity contribution in [3.05, 3.63) is 76.2 Å². The summed E-state index contributed by atoms with van der Waals surface area (Å²) in [5, 5.41) is 2.28. The Bertz CT molecular complexity index is 1140. The lowest BCUT2D eigenvalue weighted by Gasteiger charge is -2.13. The molecule has 0 atom stereocenters. The van der Waals surface area contributed by atoms with Crippen molar-refractivity contribution in [2.24, 2.45) is 0 Å². The first kappa shape index (κ1) is 20.3. The molecule has 1 aliphatic heterocycles. The molecule has 0 aromatic heterocycles. The third-order valence-corrected chi connectivity index (χ3v) is 5.86. The minimum Gasteiger partial charge on any atom is -0.496 e. The van der Waals surface area contributed by atoms with E-state index in [1.54, 1.807) is 37.5 Å². The Morgan fingerprint density at radius 1 is 1.03 bits per heavy atom. The quantitative estimate of drug-likeness (QED) is 0.467. The second-order valence-electron chi connectivity index (χ2n) is 6.54. The van der Waals surface area contributed by atoms with Crippen molar-refractivity contribution in [1.82, 2.24) is 4.90 Å². The molecular formula is C23H18ClNO4S. The summed E-state index contributed by atoms with van der Waals surface area (Å²) in [7, 11) is 1.58. The Morgan fingerprint density at radius 3 is 2.57 bits per heavy atom. The molecule has 152 valence electrons. The molecule has 4 rings (SSSR count). The Balaban J connectivity index is 1.53. The van der Waals surface area contributed by atoms with Crippen LogP contribution >= 0.6 is 23.4 Å². The number of benzene rings is 3. The molecule has 1 heterocycles. The van der Waals surface area contributed by atoms with E-state index < -0.39 is 0 Å². The van der Waals surface area contributed by atoms with Crippen molar-refractivity contribution in [1.29, 1.82) is 0 Å². The predicted octanol–water partition coefficient (Wildman–Crippen LogP) is 5.62. The fraction of sp³-hybridized carbons (Fsp3) is 0.130. The first-order valence-corrected chi connectivity index (χ1v) is 10.5. The maximum Gasteiger partial charge on any atom is 0.293 e. The molecule has 2 amide bonds. The van der Waals surface area contributed by atoms with Crippen LogP contribution in [0, 0.1) is 0 Å². The second kappa shape index (κ2) is 8.81. The summed E-state index contributed by atoms with van der Waals surface area (Å²) in [6, 6.07) is 18.6. The van der Waals surface area contributed by atoms with Gasteiger partial charge in [-0.1, -0.05) is 41.9 Å². The number of halogens is 1. The van der Waals surface area contributed by atoms with Crippen LogP contribution < -0.4 is 9.47 Å². The van der Waals surface area contributed by atoms with Gasteiger partial charge in [-0.2, -0.15) is 0 Å². The van der Waals surface area contributed by atoms with E-state index in [1.165, 1.54) is 4.90 Å². The number of carbonyl (C=O) groups excluding carboxylic acids is 2. The minimum atomic E-state index is -0.334. The molecule has 1 saturated heterocycles. The van der Waals surface area contributed by atoms with E-state index in [9.17, 15) is 9.59 Å². The van der Waals surface area contributed by atoms with Crippen molar-refractivity contribution >= 4 is 51.4 Å². The van der Waals surface area contributed by atoms with Gasteiger partial charge in [0, 0.05) is 10.6 Å². The van der Waals surface area contributed by atoms with Gasteiger partial charge < -0.3 is 9.47 Å². The zero-order valence-electron chi connectivity index (χ0n) is 16.1. The van der Waals surface area contributed by atoms with Gasteiger partial charge in [-0.15, -0.1) is 0 Å². The first-order chi connectivity index (χ1) is 14.6. The van der Waals surface area contributed by atoms with E-state index >= 15 is 0 Å². The summed E-state index contributed by atoms with van der Waals surface area (Å²) < 4.78 is 11.1. The third kappa shape index (κ3) is 4.15. The van der Waals surface area contributed by atoms with Crippen molar-refractivity contribution in [3.8, 4) is 11.5 Å². The molecule has 3 aromatic carbocycles. The van der Waals surface area contributed by atoms with E-state index in [0.717, 1.165) is 28.1 Å². The standard InChI is InChI=1S/C23H18ClNO4S/c1-28-20-11-6-15-4-2-3-5-18(15)19(20)14-21-22(26)25(23(27)30-21)12-13-29-17-9-7-16(24)8-10-17/h2-11,14H,12-13H2,1H3/b21-14-. The third-order valence-electron chi connectivity index (χ3n) is 4.70. The van der Waals surface area contributed by atoms with Crippen LogP contribution in [-0.4, -0.2) is 36.3 Å². The van der Waals surface area contributed by atoms with E-state index in [1.807, 2.05) is 36.4 Å². The lowest BCUT2D eigenvalue weighted by Crippen LogP contribution is -2.32. The number of methoxy groups -OCH3 is 1. The fourth-order valence-corrected chi connectivity index (χ4v) is 4.18. The zero-order chi connectivity index (χ0) is 21.1. The molecular weight excluding hydrogens is 422 g/mol. The number of nitrogens with zero attached hydrogens (tertiary/aromatic N) is 1. The molecule has 0 spiro atoms. The highest BCUT2D eigenvalue weighted by Gasteiger charge is 2.35. The van der Waals surface area contributed by atoms with Gasteiger partial charge in [0.05, 0.1) is 18.6 Å². The Morgan fingerprint density at radius 2 is 1.80 bits per heavy atom. The highest BCUT2D eigenvalue weighted by Crippen LogP contribution is 2.36. The number of carbonyl (C=O) groups is 2. The highest BCUT2D eigenvalue weighted by atomic mass is 35.5. The largest absolute Gasteiger partial charge is 0.496 e. The molecule has 7 heteroatoms. The summed E-state index contributed by atoms with van der Waals surface area (Å²) in [5.41, 5.74) is 0.776. The van der Waals surface area contributed by atoms with Crippen LogP contribution in [0.3, 0.4) is 0 Å². The van der Waals surface area contributed by atoms with Gasteiger partial charge >= 0.3 is 0 Å². The number of hydrogen-bond donors (Lipinski definition) is 0. The van der Waals surface area contributed by atoms with E-state index in [0.29, 0.717) is 21.4 Å². The van der Waals surface area contributed by atoms with Gasteiger partial charge in [0.15, 0.2) is 0 Å². The molecule has 0 radical (unpaired) electrons. The summed E-state index contributed by atoms with van der Waals surface area (Å²) in [6.07, 6.45) is 1.73. The second-order valence-corrected chi connectivity index (χ2v) is 7.97. The molecule has 0 aliphatic carbocycles. The van der Waals surface area contributed by atoms with Crippen LogP contribution in [0.25, 0.3) is 16.8 Å². The average Bonchev–Trinajstić information content (AvgIpc) is 3.02. The smallest absolute Gasteiger partial charge is 0.293 e. The van der Waals surface area contributed by atoms with Crippen molar-refractivity contribution < 1.29 is 19.1 Å². The van der Waals surface area contributed by atoms with Crippen molar-refractivity contribution in [2.45, 2.75) is 0 Å². The SMILES string of the molecule is COc1ccc2ccccc2c1/C=C1\SC(=O)N(CCOc2ccc(Cl)cc2)C1=O. The van der Waals surface area contributed by atoms with Gasteiger partial charge in [-0.25, -0.2) is 0 Å². The Hall–Kier alpha value is -2.96. The lowest BCUT2D eigenvalue weighted by molar-refractivity contribution is -0.123. The molecule has 0 unspecified atom stereocenters. The molecule has 3 aromatic rings. The Labute approximate surface area is 183 Å². The fourth-order valence-electron chi connectivity index (χ4n) is 3.21. The topological polar surface area (TPSA) is 55.8 Å². The number of amides is 2. The summed E-state index contributed by atoms with van der Waals surface area (Å²) in [6.45, 7) is 0.363. The normalized spacial score (nSPS) is 15.3. The number of fused-ring (bicyclic) bond motifs is 1. The maximum absolute atomic E-state index is 12.8. The van der Waals surface area contributed by atoms with Gasteiger partial charge in [-0.3, -0.25) is 14.5 Å². The van der Waals surface area contributed by atoms with E-state index in [2.05, 4.69) is 0 Å². The minimum absolute atomic E-state index is 0.164. The first-order valence-electron chi connectivity index (χ1n) is 9.26. The van der Waals surface area contributed by atoms with E-state index in [-0.39, 0.29) is 24.3 Å².